The maximum absolute atomic E-state index is 3.60. The lowest BCUT2D eigenvalue weighted by molar-refractivity contribution is 0.473. The Labute approximate surface area is 127 Å². The van der Waals surface area contributed by atoms with Crippen LogP contribution in [0, 0.1) is 9.49 Å². The van der Waals surface area contributed by atoms with E-state index in [0.717, 1.165) is 16.9 Å². The molecular weight excluding hydrogens is 389 g/mol. The van der Waals surface area contributed by atoms with E-state index in [1.165, 1.54) is 34.9 Å². The second kappa shape index (κ2) is 8.35. The molecule has 0 saturated heterocycles. The molecule has 0 heterocycles. The molecule has 1 aromatic rings. The largest absolute Gasteiger partial charge is 0.384 e. The second-order valence-electron chi connectivity index (χ2n) is 4.42. The summed E-state index contributed by atoms with van der Waals surface area (Å²) >= 11 is 5.94. The molecule has 0 radical (unpaired) electrons. The zero-order valence-corrected chi connectivity index (χ0v) is 14.3. The van der Waals surface area contributed by atoms with Crippen LogP contribution in [0.15, 0.2) is 22.7 Å². The Hall–Kier alpha value is 0.230. The van der Waals surface area contributed by atoms with Gasteiger partial charge in [-0.05, 0) is 69.1 Å². The van der Waals surface area contributed by atoms with Gasteiger partial charge in [0.15, 0.2) is 0 Å². The van der Waals surface area contributed by atoms with Crippen LogP contribution >= 0.6 is 38.5 Å². The first-order valence-corrected chi connectivity index (χ1v) is 8.23. The SMILES string of the molecule is CCCCC(CC)CNc1ccc(I)cc1Br. The Balaban J connectivity index is 2.47. The number of anilines is 1. The molecule has 1 aromatic carbocycles. The lowest BCUT2D eigenvalue weighted by Crippen LogP contribution is -2.13. The number of unbranched alkanes of at least 4 members (excludes halogenated alkanes) is 1. The zero-order valence-electron chi connectivity index (χ0n) is 10.6. The van der Waals surface area contributed by atoms with Crippen molar-refractivity contribution in [3.05, 3.63) is 26.2 Å². The van der Waals surface area contributed by atoms with Gasteiger partial charge in [-0.1, -0.05) is 33.1 Å². The van der Waals surface area contributed by atoms with Crippen molar-refractivity contribution in [2.75, 3.05) is 11.9 Å². The predicted molar refractivity (Wildman–Crippen MR) is 88.7 cm³/mol. The van der Waals surface area contributed by atoms with E-state index >= 15 is 0 Å². The second-order valence-corrected chi connectivity index (χ2v) is 6.52. The fraction of sp³-hybridized carbons (Fsp3) is 0.571. The monoisotopic (exact) mass is 409 g/mol. The van der Waals surface area contributed by atoms with Crippen LogP contribution in [-0.2, 0) is 0 Å². The molecule has 0 amide bonds. The van der Waals surface area contributed by atoms with Gasteiger partial charge in [-0.15, -0.1) is 0 Å². The molecule has 0 bridgehead atoms. The van der Waals surface area contributed by atoms with E-state index in [0.29, 0.717) is 0 Å². The summed E-state index contributed by atoms with van der Waals surface area (Å²) in [6.07, 6.45) is 5.23. The first kappa shape index (κ1) is 15.3. The summed E-state index contributed by atoms with van der Waals surface area (Å²) in [5.74, 6) is 0.793. The Morgan fingerprint density at radius 2 is 2.12 bits per heavy atom. The molecule has 1 unspecified atom stereocenters. The van der Waals surface area contributed by atoms with Gasteiger partial charge in [0, 0.05) is 20.3 Å². The standard InChI is InChI=1S/C14H21BrIN/c1-3-5-6-11(4-2)10-17-14-8-7-12(16)9-13(14)15/h7-9,11,17H,3-6,10H2,1-2H3. The van der Waals surface area contributed by atoms with Crippen molar-refractivity contribution in [3.8, 4) is 0 Å². The number of nitrogens with one attached hydrogen (secondary N) is 1. The number of hydrogen-bond acceptors (Lipinski definition) is 1. The van der Waals surface area contributed by atoms with Gasteiger partial charge in [0.1, 0.15) is 0 Å². The first-order valence-electron chi connectivity index (χ1n) is 6.36. The van der Waals surface area contributed by atoms with Crippen molar-refractivity contribution < 1.29 is 0 Å². The Bertz CT molecular complexity index is 341. The Morgan fingerprint density at radius 1 is 1.35 bits per heavy atom. The van der Waals surface area contributed by atoms with Gasteiger partial charge in [0.25, 0.3) is 0 Å². The van der Waals surface area contributed by atoms with Crippen molar-refractivity contribution in [1.82, 2.24) is 0 Å². The molecule has 0 fully saturated rings. The van der Waals surface area contributed by atoms with Crippen LogP contribution < -0.4 is 5.32 Å². The molecule has 0 spiro atoms. The zero-order chi connectivity index (χ0) is 12.7. The van der Waals surface area contributed by atoms with Crippen LogP contribution in [0.5, 0.6) is 0 Å². The minimum absolute atomic E-state index is 0.793. The number of hydrogen-bond donors (Lipinski definition) is 1. The van der Waals surface area contributed by atoms with E-state index in [9.17, 15) is 0 Å². The van der Waals surface area contributed by atoms with E-state index in [1.54, 1.807) is 0 Å². The average Bonchev–Trinajstić information content (AvgIpc) is 2.31. The fourth-order valence-corrected chi connectivity index (χ4v) is 3.27. The Morgan fingerprint density at radius 3 is 2.71 bits per heavy atom. The van der Waals surface area contributed by atoms with Crippen LogP contribution in [0.3, 0.4) is 0 Å². The van der Waals surface area contributed by atoms with Crippen LogP contribution in [0.4, 0.5) is 5.69 Å². The normalized spacial score (nSPS) is 12.5. The van der Waals surface area contributed by atoms with Crippen molar-refractivity contribution in [1.29, 1.82) is 0 Å². The first-order chi connectivity index (χ1) is 8.17. The molecule has 96 valence electrons. The summed E-state index contributed by atoms with van der Waals surface area (Å²) in [4.78, 5) is 0. The molecule has 3 heteroatoms. The van der Waals surface area contributed by atoms with Crippen LogP contribution in [0.2, 0.25) is 0 Å². The van der Waals surface area contributed by atoms with Crippen molar-refractivity contribution in [3.63, 3.8) is 0 Å². The molecule has 1 nitrogen and oxygen atoms in total. The van der Waals surface area contributed by atoms with Crippen LogP contribution in [0.1, 0.15) is 39.5 Å². The topological polar surface area (TPSA) is 12.0 Å². The number of benzene rings is 1. The highest BCUT2D eigenvalue weighted by molar-refractivity contribution is 14.1. The molecule has 1 rings (SSSR count). The van der Waals surface area contributed by atoms with Crippen molar-refractivity contribution in [2.45, 2.75) is 39.5 Å². The van der Waals surface area contributed by atoms with E-state index in [4.69, 9.17) is 0 Å². The summed E-state index contributed by atoms with van der Waals surface area (Å²) in [5.41, 5.74) is 1.21. The summed E-state index contributed by atoms with van der Waals surface area (Å²) in [6, 6.07) is 6.44. The van der Waals surface area contributed by atoms with Gasteiger partial charge in [-0.25, -0.2) is 0 Å². The molecule has 1 atom stereocenters. The molecule has 17 heavy (non-hydrogen) atoms. The third-order valence-electron chi connectivity index (χ3n) is 3.06. The fourth-order valence-electron chi connectivity index (χ4n) is 1.83. The summed E-state index contributed by atoms with van der Waals surface area (Å²) in [6.45, 7) is 5.62. The molecule has 0 saturated carbocycles. The highest BCUT2D eigenvalue weighted by Gasteiger charge is 2.07. The maximum Gasteiger partial charge on any atom is 0.0485 e. The van der Waals surface area contributed by atoms with Crippen LogP contribution in [0.25, 0.3) is 0 Å². The third kappa shape index (κ3) is 5.60. The highest BCUT2D eigenvalue weighted by Crippen LogP contribution is 2.25. The van der Waals surface area contributed by atoms with Gasteiger partial charge < -0.3 is 5.32 Å². The van der Waals surface area contributed by atoms with E-state index < -0.39 is 0 Å². The minimum Gasteiger partial charge on any atom is -0.384 e. The van der Waals surface area contributed by atoms with E-state index in [-0.39, 0.29) is 0 Å². The predicted octanol–water partition coefficient (Wildman–Crippen LogP) is 5.68. The molecular formula is C14H21BrIN. The molecule has 0 aliphatic heterocycles. The lowest BCUT2D eigenvalue weighted by Gasteiger charge is -2.17. The summed E-state index contributed by atoms with van der Waals surface area (Å²) in [7, 11) is 0. The maximum atomic E-state index is 3.60. The van der Waals surface area contributed by atoms with Gasteiger partial charge in [0.2, 0.25) is 0 Å². The van der Waals surface area contributed by atoms with Gasteiger partial charge in [-0.2, -0.15) is 0 Å². The van der Waals surface area contributed by atoms with Crippen LogP contribution in [-0.4, -0.2) is 6.54 Å². The van der Waals surface area contributed by atoms with Crippen molar-refractivity contribution in [2.24, 2.45) is 5.92 Å². The van der Waals surface area contributed by atoms with Gasteiger partial charge in [-0.3, -0.25) is 0 Å². The van der Waals surface area contributed by atoms with Gasteiger partial charge in [0.05, 0.1) is 0 Å². The smallest absolute Gasteiger partial charge is 0.0485 e. The van der Waals surface area contributed by atoms with Crippen molar-refractivity contribution >= 4 is 44.2 Å². The molecule has 0 aromatic heterocycles. The summed E-state index contributed by atoms with van der Waals surface area (Å²) < 4.78 is 2.42. The third-order valence-corrected chi connectivity index (χ3v) is 4.38. The average molecular weight is 410 g/mol. The van der Waals surface area contributed by atoms with Gasteiger partial charge >= 0.3 is 0 Å². The molecule has 1 N–H and O–H groups in total. The van der Waals surface area contributed by atoms with E-state index in [1.807, 2.05) is 0 Å². The molecule has 0 aliphatic carbocycles. The van der Waals surface area contributed by atoms with E-state index in [2.05, 4.69) is 75.9 Å². The number of rotatable bonds is 7. The quantitative estimate of drug-likeness (QED) is 0.571. The minimum atomic E-state index is 0.793. The highest BCUT2D eigenvalue weighted by atomic mass is 127. The Kier molecular flexibility index (Phi) is 7.51. The lowest BCUT2D eigenvalue weighted by atomic mass is 9.99. The number of halogens is 2. The summed E-state index contributed by atoms with van der Waals surface area (Å²) in [5, 5.41) is 3.55. The molecule has 0 aliphatic rings.